The molecule has 0 fully saturated rings. The molecule has 0 spiro atoms. The molecule has 0 amide bonds. The van der Waals surface area contributed by atoms with E-state index in [0.29, 0.717) is 6.61 Å². The molecular weight excluding hydrogens is 222 g/mol. The van der Waals surface area contributed by atoms with Crippen LogP contribution in [0.4, 0.5) is 0 Å². The summed E-state index contributed by atoms with van der Waals surface area (Å²) in [6.07, 6.45) is 0. The lowest BCUT2D eigenvalue weighted by Gasteiger charge is -2.11. The van der Waals surface area contributed by atoms with Crippen molar-refractivity contribution in [3.8, 4) is 16.9 Å². The molecule has 0 saturated carbocycles. The van der Waals surface area contributed by atoms with Gasteiger partial charge in [0.15, 0.2) is 0 Å². The van der Waals surface area contributed by atoms with Crippen LogP contribution >= 0.6 is 0 Å². The monoisotopic (exact) mass is 241 g/mol. The second kappa shape index (κ2) is 5.69. The first-order chi connectivity index (χ1) is 8.72. The van der Waals surface area contributed by atoms with E-state index in [2.05, 4.69) is 30.3 Å². The van der Waals surface area contributed by atoms with Gasteiger partial charge in [-0.1, -0.05) is 42.5 Å². The first kappa shape index (κ1) is 12.7. The van der Waals surface area contributed by atoms with Crippen LogP contribution in [0.1, 0.15) is 25.5 Å². The van der Waals surface area contributed by atoms with Crippen molar-refractivity contribution in [1.29, 1.82) is 0 Å². The molecule has 0 heterocycles. The van der Waals surface area contributed by atoms with E-state index < -0.39 is 0 Å². The molecule has 1 unspecified atom stereocenters. The van der Waals surface area contributed by atoms with E-state index in [1.807, 2.05) is 32.0 Å². The molecule has 0 aromatic heterocycles. The van der Waals surface area contributed by atoms with Crippen molar-refractivity contribution >= 4 is 0 Å². The zero-order chi connectivity index (χ0) is 13.0. The van der Waals surface area contributed by atoms with Crippen molar-refractivity contribution in [2.45, 2.75) is 19.9 Å². The number of rotatable bonds is 4. The lowest BCUT2D eigenvalue weighted by atomic mass is 10.0. The highest BCUT2D eigenvalue weighted by Gasteiger charge is 2.06. The SMILES string of the molecule is CCOc1ccccc1-c1ccc(C(C)N)cc1. The summed E-state index contributed by atoms with van der Waals surface area (Å²) in [5.41, 5.74) is 9.28. The van der Waals surface area contributed by atoms with Gasteiger partial charge in [-0.05, 0) is 31.0 Å². The van der Waals surface area contributed by atoms with Crippen molar-refractivity contribution in [3.63, 3.8) is 0 Å². The highest BCUT2D eigenvalue weighted by molar-refractivity contribution is 5.70. The molecule has 0 aliphatic carbocycles. The van der Waals surface area contributed by atoms with Gasteiger partial charge in [0.05, 0.1) is 6.61 Å². The zero-order valence-corrected chi connectivity index (χ0v) is 10.9. The smallest absolute Gasteiger partial charge is 0.127 e. The minimum atomic E-state index is 0.0705. The van der Waals surface area contributed by atoms with Crippen LogP contribution in [0.15, 0.2) is 48.5 Å². The van der Waals surface area contributed by atoms with Crippen molar-refractivity contribution < 1.29 is 4.74 Å². The summed E-state index contributed by atoms with van der Waals surface area (Å²) >= 11 is 0. The summed E-state index contributed by atoms with van der Waals surface area (Å²) in [7, 11) is 0. The van der Waals surface area contributed by atoms with E-state index in [4.69, 9.17) is 10.5 Å². The van der Waals surface area contributed by atoms with Gasteiger partial charge in [-0.2, -0.15) is 0 Å². The molecule has 2 aromatic rings. The molecule has 2 aromatic carbocycles. The van der Waals surface area contributed by atoms with Gasteiger partial charge in [-0.25, -0.2) is 0 Å². The number of ether oxygens (including phenoxy) is 1. The minimum Gasteiger partial charge on any atom is -0.493 e. The second-order valence-corrected chi connectivity index (χ2v) is 4.34. The third kappa shape index (κ3) is 2.71. The molecule has 0 saturated heterocycles. The summed E-state index contributed by atoms with van der Waals surface area (Å²) in [5, 5.41) is 0. The van der Waals surface area contributed by atoms with E-state index >= 15 is 0 Å². The Hall–Kier alpha value is -1.80. The van der Waals surface area contributed by atoms with Gasteiger partial charge in [-0.15, -0.1) is 0 Å². The van der Waals surface area contributed by atoms with Crippen LogP contribution in [0.5, 0.6) is 5.75 Å². The van der Waals surface area contributed by atoms with Crippen LogP contribution in [-0.2, 0) is 0 Å². The molecule has 0 aliphatic heterocycles. The van der Waals surface area contributed by atoms with Gasteiger partial charge in [0.1, 0.15) is 5.75 Å². The molecule has 0 bridgehead atoms. The third-order valence-corrected chi connectivity index (χ3v) is 2.93. The van der Waals surface area contributed by atoms with Gasteiger partial charge in [-0.3, -0.25) is 0 Å². The molecule has 94 valence electrons. The number of hydrogen-bond acceptors (Lipinski definition) is 2. The predicted octanol–water partition coefficient (Wildman–Crippen LogP) is 3.77. The fourth-order valence-corrected chi connectivity index (χ4v) is 1.95. The van der Waals surface area contributed by atoms with Crippen LogP contribution in [-0.4, -0.2) is 6.61 Å². The summed E-state index contributed by atoms with van der Waals surface area (Å²) in [4.78, 5) is 0. The highest BCUT2D eigenvalue weighted by atomic mass is 16.5. The summed E-state index contributed by atoms with van der Waals surface area (Å²) < 4.78 is 5.64. The number of nitrogens with two attached hydrogens (primary N) is 1. The topological polar surface area (TPSA) is 35.2 Å². The highest BCUT2D eigenvalue weighted by Crippen LogP contribution is 2.30. The van der Waals surface area contributed by atoms with E-state index in [1.54, 1.807) is 0 Å². The average molecular weight is 241 g/mol. The molecule has 18 heavy (non-hydrogen) atoms. The predicted molar refractivity (Wildman–Crippen MR) is 75.6 cm³/mol. The first-order valence-corrected chi connectivity index (χ1v) is 6.30. The fraction of sp³-hybridized carbons (Fsp3) is 0.250. The fourth-order valence-electron chi connectivity index (χ4n) is 1.95. The molecule has 1 atom stereocenters. The Labute approximate surface area is 108 Å². The summed E-state index contributed by atoms with van der Waals surface area (Å²) in [5.74, 6) is 0.925. The maximum absolute atomic E-state index is 5.86. The number of benzene rings is 2. The van der Waals surface area contributed by atoms with Gasteiger partial charge in [0.25, 0.3) is 0 Å². The quantitative estimate of drug-likeness (QED) is 0.884. The Kier molecular flexibility index (Phi) is 4.00. The Morgan fingerprint density at radius 3 is 2.33 bits per heavy atom. The number of hydrogen-bond donors (Lipinski definition) is 1. The number of para-hydroxylation sites is 1. The van der Waals surface area contributed by atoms with Crippen molar-refractivity contribution in [3.05, 3.63) is 54.1 Å². The second-order valence-electron chi connectivity index (χ2n) is 4.34. The van der Waals surface area contributed by atoms with Gasteiger partial charge in [0, 0.05) is 11.6 Å². The normalized spacial score (nSPS) is 12.2. The maximum Gasteiger partial charge on any atom is 0.127 e. The van der Waals surface area contributed by atoms with Crippen molar-refractivity contribution in [1.82, 2.24) is 0 Å². The van der Waals surface area contributed by atoms with Crippen LogP contribution in [0.3, 0.4) is 0 Å². The molecule has 2 heteroatoms. The Morgan fingerprint density at radius 2 is 1.72 bits per heavy atom. The molecular formula is C16H19NO. The van der Waals surface area contributed by atoms with E-state index in [9.17, 15) is 0 Å². The minimum absolute atomic E-state index is 0.0705. The van der Waals surface area contributed by atoms with Crippen LogP contribution in [0.2, 0.25) is 0 Å². The van der Waals surface area contributed by atoms with Gasteiger partial charge >= 0.3 is 0 Å². The molecule has 0 radical (unpaired) electrons. The lowest BCUT2D eigenvalue weighted by Crippen LogP contribution is -2.04. The molecule has 0 aliphatic rings. The Morgan fingerprint density at radius 1 is 1.06 bits per heavy atom. The summed E-state index contributed by atoms with van der Waals surface area (Å²) in [6, 6.07) is 16.5. The zero-order valence-electron chi connectivity index (χ0n) is 10.9. The standard InChI is InChI=1S/C16H19NO/c1-3-18-16-7-5-4-6-15(16)14-10-8-13(9-11-14)12(2)17/h4-12H,3,17H2,1-2H3. The molecule has 2 N–H and O–H groups in total. The van der Waals surface area contributed by atoms with Gasteiger partial charge < -0.3 is 10.5 Å². The van der Waals surface area contributed by atoms with Gasteiger partial charge in [0.2, 0.25) is 0 Å². The molecule has 2 rings (SSSR count). The largest absolute Gasteiger partial charge is 0.493 e. The Balaban J connectivity index is 2.36. The van der Waals surface area contributed by atoms with Crippen LogP contribution in [0, 0.1) is 0 Å². The van der Waals surface area contributed by atoms with Crippen molar-refractivity contribution in [2.24, 2.45) is 5.73 Å². The Bertz CT molecular complexity index is 503. The van der Waals surface area contributed by atoms with E-state index in [-0.39, 0.29) is 6.04 Å². The molecule has 2 nitrogen and oxygen atoms in total. The third-order valence-electron chi connectivity index (χ3n) is 2.93. The van der Waals surface area contributed by atoms with Crippen LogP contribution in [0.25, 0.3) is 11.1 Å². The first-order valence-electron chi connectivity index (χ1n) is 6.30. The maximum atomic E-state index is 5.86. The van der Waals surface area contributed by atoms with Crippen molar-refractivity contribution in [2.75, 3.05) is 6.61 Å². The van der Waals surface area contributed by atoms with E-state index in [1.165, 1.54) is 0 Å². The van der Waals surface area contributed by atoms with Crippen LogP contribution < -0.4 is 10.5 Å². The summed E-state index contributed by atoms with van der Waals surface area (Å²) in [6.45, 7) is 4.66. The van der Waals surface area contributed by atoms with E-state index in [0.717, 1.165) is 22.4 Å². The lowest BCUT2D eigenvalue weighted by molar-refractivity contribution is 0.341. The average Bonchev–Trinajstić information content (AvgIpc) is 2.40.